The number of likely N-dealkylation sites (tertiary alicyclic amines) is 1. The number of hydrogen-bond donors (Lipinski definition) is 2. The van der Waals surface area contributed by atoms with Gasteiger partial charge in [0.25, 0.3) is 5.91 Å². The average molecular weight is 556 g/mol. The molecule has 41 heavy (non-hydrogen) atoms. The molecule has 1 unspecified atom stereocenters. The van der Waals surface area contributed by atoms with E-state index in [2.05, 4.69) is 45.5 Å². The minimum Gasteiger partial charge on any atom is -0.487 e. The number of aliphatic imine (C=N–C) groups is 1. The van der Waals surface area contributed by atoms with Crippen molar-refractivity contribution in [2.45, 2.75) is 57.5 Å². The van der Waals surface area contributed by atoms with Gasteiger partial charge < -0.3 is 15.0 Å². The molecule has 3 heterocycles. The van der Waals surface area contributed by atoms with Gasteiger partial charge in [0.1, 0.15) is 17.9 Å². The smallest absolute Gasteiger partial charge is 0.255 e. The van der Waals surface area contributed by atoms with Gasteiger partial charge in [-0.25, -0.2) is 0 Å². The normalized spacial score (nSPS) is 23.5. The van der Waals surface area contributed by atoms with Crippen LogP contribution in [-0.4, -0.2) is 72.1 Å². The Balaban J connectivity index is 1.30. The van der Waals surface area contributed by atoms with Gasteiger partial charge in [-0.15, -0.1) is 0 Å². The summed E-state index contributed by atoms with van der Waals surface area (Å²) >= 11 is 0. The van der Waals surface area contributed by atoms with Crippen molar-refractivity contribution in [3.8, 4) is 5.75 Å². The topological polar surface area (TPSA) is 103 Å². The number of benzene rings is 2. The fourth-order valence-electron chi connectivity index (χ4n) is 5.77. The van der Waals surface area contributed by atoms with Crippen LogP contribution in [0, 0.1) is 0 Å². The Bertz CT molecular complexity index is 1360. The van der Waals surface area contributed by atoms with Crippen molar-refractivity contribution in [3.05, 3.63) is 89.1 Å². The van der Waals surface area contributed by atoms with Crippen molar-refractivity contribution in [3.63, 3.8) is 0 Å². The summed E-state index contributed by atoms with van der Waals surface area (Å²) in [6.45, 7) is 9.07. The molecule has 9 heteroatoms. The van der Waals surface area contributed by atoms with Crippen molar-refractivity contribution in [1.82, 2.24) is 20.4 Å². The van der Waals surface area contributed by atoms with Crippen LogP contribution in [0.15, 0.2) is 77.4 Å². The first-order chi connectivity index (χ1) is 19.9. The van der Waals surface area contributed by atoms with E-state index < -0.39 is 11.9 Å². The maximum absolute atomic E-state index is 13.1. The third kappa shape index (κ3) is 6.81. The van der Waals surface area contributed by atoms with Crippen LogP contribution in [0.4, 0.5) is 0 Å². The molecule has 0 aromatic heterocycles. The van der Waals surface area contributed by atoms with E-state index in [1.54, 1.807) is 17.2 Å². The molecule has 3 aliphatic heterocycles. The minimum atomic E-state index is -0.637. The summed E-state index contributed by atoms with van der Waals surface area (Å²) in [6, 6.07) is 15.4. The second kappa shape index (κ2) is 13.1. The summed E-state index contributed by atoms with van der Waals surface area (Å²) in [5.74, 6) is -0.194. The van der Waals surface area contributed by atoms with Crippen LogP contribution in [0.3, 0.4) is 0 Å². The van der Waals surface area contributed by atoms with E-state index in [9.17, 15) is 14.4 Å². The Labute approximate surface area is 241 Å². The van der Waals surface area contributed by atoms with E-state index in [-0.39, 0.29) is 30.4 Å². The van der Waals surface area contributed by atoms with E-state index in [4.69, 9.17) is 4.74 Å². The average Bonchev–Trinajstić information content (AvgIpc) is 3.30. The lowest BCUT2D eigenvalue weighted by Gasteiger charge is -2.39. The molecule has 2 saturated heterocycles. The van der Waals surface area contributed by atoms with Gasteiger partial charge in [-0.2, -0.15) is 0 Å². The molecule has 9 nitrogen and oxygen atoms in total. The van der Waals surface area contributed by atoms with Gasteiger partial charge in [-0.3, -0.25) is 29.6 Å². The van der Waals surface area contributed by atoms with Crippen molar-refractivity contribution in [2.75, 3.05) is 19.6 Å². The first-order valence-corrected chi connectivity index (χ1v) is 14.2. The van der Waals surface area contributed by atoms with E-state index in [1.165, 1.54) is 5.56 Å². The molecule has 3 aliphatic rings. The summed E-state index contributed by atoms with van der Waals surface area (Å²) < 4.78 is 6.64. The number of piperidine rings is 2. The molecule has 2 fully saturated rings. The number of carbonyl (C=O) groups is 3. The molecule has 3 amide bonds. The molecular formula is C32H37N5O4. The van der Waals surface area contributed by atoms with Crippen LogP contribution in [0.5, 0.6) is 5.75 Å². The number of fused-ring (bicyclic) bond motifs is 1. The van der Waals surface area contributed by atoms with Crippen LogP contribution in [0.2, 0.25) is 0 Å². The lowest BCUT2D eigenvalue weighted by atomic mass is 10.00. The highest BCUT2D eigenvalue weighted by Gasteiger charge is 2.39. The van der Waals surface area contributed by atoms with Gasteiger partial charge in [-0.05, 0) is 67.5 Å². The molecule has 214 valence electrons. The maximum atomic E-state index is 13.1. The van der Waals surface area contributed by atoms with Gasteiger partial charge in [0.2, 0.25) is 11.8 Å². The van der Waals surface area contributed by atoms with Gasteiger partial charge in [0.15, 0.2) is 0 Å². The molecule has 0 spiro atoms. The molecule has 3 atom stereocenters. The van der Waals surface area contributed by atoms with Gasteiger partial charge in [0, 0.05) is 56.9 Å². The molecule has 0 aliphatic carbocycles. The number of amides is 3. The zero-order valence-electron chi connectivity index (χ0n) is 23.4. The predicted molar refractivity (Wildman–Crippen MR) is 157 cm³/mol. The Kier molecular flexibility index (Phi) is 9.06. The largest absolute Gasteiger partial charge is 0.487 e. The molecular weight excluding hydrogens is 518 g/mol. The molecule has 0 saturated carbocycles. The summed E-state index contributed by atoms with van der Waals surface area (Å²) in [4.78, 5) is 44.9. The predicted octanol–water partition coefficient (Wildman–Crippen LogP) is 3.22. The molecule has 2 aromatic carbocycles. The number of hydrogen-bond acceptors (Lipinski definition) is 7. The Morgan fingerprint density at radius 3 is 2.76 bits per heavy atom. The monoisotopic (exact) mass is 555 g/mol. The van der Waals surface area contributed by atoms with E-state index in [0.717, 1.165) is 43.7 Å². The quantitative estimate of drug-likeness (QED) is 0.265. The van der Waals surface area contributed by atoms with Crippen LogP contribution < -0.4 is 15.4 Å². The highest BCUT2D eigenvalue weighted by molar-refractivity contribution is 6.05. The Morgan fingerprint density at radius 2 is 2.00 bits per heavy atom. The third-order valence-corrected chi connectivity index (χ3v) is 8.01. The third-order valence-electron chi connectivity index (χ3n) is 8.01. The zero-order chi connectivity index (χ0) is 28.8. The van der Waals surface area contributed by atoms with Crippen molar-refractivity contribution < 1.29 is 19.1 Å². The maximum Gasteiger partial charge on any atom is 0.255 e. The Morgan fingerprint density at radius 1 is 1.17 bits per heavy atom. The van der Waals surface area contributed by atoms with Crippen molar-refractivity contribution >= 4 is 24.4 Å². The van der Waals surface area contributed by atoms with Crippen LogP contribution in [-0.2, 0) is 22.7 Å². The van der Waals surface area contributed by atoms with E-state index in [1.807, 2.05) is 43.3 Å². The van der Waals surface area contributed by atoms with Crippen LogP contribution >= 0.6 is 0 Å². The summed E-state index contributed by atoms with van der Waals surface area (Å²) in [7, 11) is 0. The second-order valence-corrected chi connectivity index (χ2v) is 10.7. The van der Waals surface area contributed by atoms with E-state index in [0.29, 0.717) is 24.3 Å². The molecule has 5 rings (SSSR count). The molecule has 0 radical (unpaired) electrons. The lowest BCUT2D eigenvalue weighted by Crippen LogP contribution is -2.55. The highest BCUT2D eigenvalue weighted by Crippen LogP contribution is 2.31. The second-order valence-electron chi connectivity index (χ2n) is 10.7. The van der Waals surface area contributed by atoms with Crippen molar-refractivity contribution in [1.29, 1.82) is 0 Å². The van der Waals surface area contributed by atoms with Gasteiger partial charge in [0.05, 0.1) is 0 Å². The number of ether oxygens (including phenoxy) is 1. The number of nitrogens with one attached hydrogen (secondary N) is 2. The summed E-state index contributed by atoms with van der Waals surface area (Å²) in [5, 5.41) is 6.07. The van der Waals surface area contributed by atoms with E-state index >= 15 is 0 Å². The number of nitrogens with zero attached hydrogens (tertiary/aromatic N) is 3. The minimum absolute atomic E-state index is 0.117. The van der Waals surface area contributed by atoms with Gasteiger partial charge in [-0.1, -0.05) is 36.4 Å². The molecule has 2 N–H and O–H groups in total. The lowest BCUT2D eigenvalue weighted by molar-refractivity contribution is -0.136. The first kappa shape index (κ1) is 28.4. The Hall–Kier alpha value is -4.08. The van der Waals surface area contributed by atoms with Crippen LogP contribution in [0.25, 0.3) is 0 Å². The molecule has 2 aromatic rings. The van der Waals surface area contributed by atoms with Crippen LogP contribution in [0.1, 0.15) is 47.7 Å². The summed E-state index contributed by atoms with van der Waals surface area (Å²) in [6.07, 6.45) is 7.15. The number of carbonyl (C=O) groups excluding carboxylic acids is 3. The fourth-order valence-corrected chi connectivity index (χ4v) is 5.77. The van der Waals surface area contributed by atoms with Gasteiger partial charge >= 0.3 is 0 Å². The molecule has 0 bridgehead atoms. The first-order valence-electron chi connectivity index (χ1n) is 14.2. The number of rotatable bonds is 10. The zero-order valence-corrected chi connectivity index (χ0v) is 23.4. The summed E-state index contributed by atoms with van der Waals surface area (Å²) in [5.41, 5.74) is 3.79. The number of allylic oxidation sites excluding steroid dienone is 1. The number of imide groups is 1. The van der Waals surface area contributed by atoms with Crippen molar-refractivity contribution in [2.24, 2.45) is 4.99 Å². The standard InChI is InChI=1S/C32H37N5O4/c1-3-22(13-15-33-2)19-36-16-14-27(34-18-23-7-5-4-6-8-23)29(21-36)41-25-9-10-26-24(17-25)20-37(32(26)40)28-11-12-30(38)35-31(28)39/h3-10,13,15,17,27-29,34H,2,11-12,14,16,18-21H2,1H3,(H,35,38,39)/b15-13-,22-3+/t27-,28?,29-/m1/s1. The fraction of sp³-hybridized carbons (Fsp3) is 0.375. The highest BCUT2D eigenvalue weighted by atomic mass is 16.5. The SMILES string of the molecule is C=N/C=C\C(=C/C)CN1CC[C@@H](NCc2ccccc2)[C@H](Oc2ccc3c(c2)CN(C2CCC(=O)NC2=O)C3=O)C1.